The van der Waals surface area contributed by atoms with Gasteiger partial charge in [0, 0.05) is 22.1 Å². The molecule has 1 heterocycles. The molecule has 0 spiro atoms. The number of benzene rings is 2. The van der Waals surface area contributed by atoms with E-state index in [0.29, 0.717) is 20.5 Å². The van der Waals surface area contributed by atoms with Crippen LogP contribution in [0.4, 0.5) is 0 Å². The number of halogens is 1. The van der Waals surface area contributed by atoms with Crippen LogP contribution in [-0.2, 0) is 0 Å². The lowest BCUT2D eigenvalue weighted by atomic mass is 10.1. The number of hydrogen-bond acceptors (Lipinski definition) is 4. The summed E-state index contributed by atoms with van der Waals surface area (Å²) in [7, 11) is 0. The largest absolute Gasteiger partial charge is 0.507 e. The molecular formula is C15H9BrO3S. The molecule has 0 saturated heterocycles. The van der Waals surface area contributed by atoms with Crippen LogP contribution in [0.2, 0.25) is 0 Å². The molecule has 3 rings (SSSR count). The maximum atomic E-state index is 12.2. The maximum Gasteiger partial charge on any atom is 0.200 e. The maximum absolute atomic E-state index is 12.2. The Morgan fingerprint density at radius 1 is 1.10 bits per heavy atom. The van der Waals surface area contributed by atoms with E-state index in [1.165, 1.54) is 17.8 Å². The zero-order valence-corrected chi connectivity index (χ0v) is 12.5. The van der Waals surface area contributed by atoms with Crippen molar-refractivity contribution < 1.29 is 15.0 Å². The molecule has 5 heteroatoms. The summed E-state index contributed by atoms with van der Waals surface area (Å²) in [5.41, 5.74) is 1.17. The first-order valence-electron chi connectivity index (χ1n) is 5.81. The van der Waals surface area contributed by atoms with Gasteiger partial charge in [-0.3, -0.25) is 4.79 Å². The first-order valence-corrected chi connectivity index (χ1v) is 7.42. The highest BCUT2D eigenvalue weighted by molar-refractivity contribution is 9.10. The van der Waals surface area contributed by atoms with E-state index >= 15 is 0 Å². The van der Waals surface area contributed by atoms with Crippen LogP contribution in [0.3, 0.4) is 0 Å². The fourth-order valence-corrected chi connectivity index (χ4v) is 3.36. The van der Waals surface area contributed by atoms with Gasteiger partial charge in [-0.25, -0.2) is 0 Å². The molecule has 2 aromatic carbocycles. The number of carbonyl (C=O) groups excluding carboxylic acids is 1. The molecule has 0 unspecified atom stereocenters. The van der Waals surface area contributed by atoms with Crippen LogP contribution >= 0.6 is 27.7 Å². The van der Waals surface area contributed by atoms with Gasteiger partial charge in [-0.2, -0.15) is 0 Å². The van der Waals surface area contributed by atoms with Crippen LogP contribution < -0.4 is 0 Å². The summed E-state index contributed by atoms with van der Waals surface area (Å²) in [6.07, 6.45) is 1.63. The smallest absolute Gasteiger partial charge is 0.200 e. The molecule has 0 saturated carbocycles. The summed E-state index contributed by atoms with van der Waals surface area (Å²) in [5, 5.41) is 19.3. The Kier molecular flexibility index (Phi) is 3.31. The fourth-order valence-electron chi connectivity index (χ4n) is 1.96. The van der Waals surface area contributed by atoms with E-state index in [2.05, 4.69) is 15.9 Å². The highest BCUT2D eigenvalue weighted by Crippen LogP contribution is 2.42. The van der Waals surface area contributed by atoms with Gasteiger partial charge >= 0.3 is 0 Å². The second kappa shape index (κ2) is 5.00. The van der Waals surface area contributed by atoms with Crippen molar-refractivity contribution in [2.75, 3.05) is 0 Å². The summed E-state index contributed by atoms with van der Waals surface area (Å²) in [6, 6.07) is 10.2. The first kappa shape index (κ1) is 13.3. The SMILES string of the molecule is O=C1/C(=C\c2cc(Br)c(O)cc2O)Sc2ccccc21. The molecule has 1 aliphatic rings. The predicted molar refractivity (Wildman–Crippen MR) is 82.1 cm³/mol. The molecular weight excluding hydrogens is 340 g/mol. The topological polar surface area (TPSA) is 57.5 Å². The summed E-state index contributed by atoms with van der Waals surface area (Å²) in [6.45, 7) is 0. The van der Waals surface area contributed by atoms with Crippen LogP contribution in [0, 0.1) is 0 Å². The first-order chi connectivity index (χ1) is 9.56. The monoisotopic (exact) mass is 348 g/mol. The molecule has 2 N–H and O–H groups in total. The third kappa shape index (κ3) is 2.23. The van der Waals surface area contributed by atoms with E-state index in [0.717, 1.165) is 4.90 Å². The van der Waals surface area contributed by atoms with Crippen LogP contribution in [0.5, 0.6) is 11.5 Å². The van der Waals surface area contributed by atoms with Crippen molar-refractivity contribution in [1.82, 2.24) is 0 Å². The van der Waals surface area contributed by atoms with E-state index < -0.39 is 0 Å². The molecule has 0 fully saturated rings. The Labute approximate surface area is 128 Å². The lowest BCUT2D eigenvalue weighted by Gasteiger charge is -2.03. The van der Waals surface area contributed by atoms with Gasteiger partial charge < -0.3 is 10.2 Å². The Bertz CT molecular complexity index is 753. The minimum Gasteiger partial charge on any atom is -0.507 e. The average molecular weight is 349 g/mol. The lowest BCUT2D eigenvalue weighted by Crippen LogP contribution is -1.93. The Balaban J connectivity index is 2.04. The number of phenolic OH excluding ortho intramolecular Hbond substituents is 2. The third-order valence-electron chi connectivity index (χ3n) is 2.96. The second-order valence-corrected chi connectivity index (χ2v) is 6.24. The van der Waals surface area contributed by atoms with Gasteiger partial charge in [-0.1, -0.05) is 23.9 Å². The minimum absolute atomic E-state index is 0.0432. The predicted octanol–water partition coefficient (Wildman–Crippen LogP) is 4.19. The van der Waals surface area contributed by atoms with Crippen LogP contribution in [0.1, 0.15) is 15.9 Å². The van der Waals surface area contributed by atoms with Crippen molar-refractivity contribution >= 4 is 39.6 Å². The highest BCUT2D eigenvalue weighted by Gasteiger charge is 2.25. The quantitative estimate of drug-likeness (QED) is 0.758. The molecule has 2 aromatic rings. The van der Waals surface area contributed by atoms with Crippen LogP contribution in [0.25, 0.3) is 6.08 Å². The lowest BCUT2D eigenvalue weighted by molar-refractivity contribution is 0.104. The van der Waals surface area contributed by atoms with E-state index in [1.54, 1.807) is 18.2 Å². The molecule has 0 bridgehead atoms. The highest BCUT2D eigenvalue weighted by atomic mass is 79.9. The average Bonchev–Trinajstić information content (AvgIpc) is 2.73. The molecule has 1 aliphatic heterocycles. The number of rotatable bonds is 1. The molecule has 3 nitrogen and oxygen atoms in total. The van der Waals surface area contributed by atoms with Crippen LogP contribution in [-0.4, -0.2) is 16.0 Å². The third-order valence-corrected chi connectivity index (χ3v) is 4.69. The van der Waals surface area contributed by atoms with Crippen molar-refractivity contribution in [3.8, 4) is 11.5 Å². The van der Waals surface area contributed by atoms with Gasteiger partial charge in [-0.05, 0) is 40.2 Å². The summed E-state index contributed by atoms with van der Waals surface area (Å²) >= 11 is 4.57. The van der Waals surface area contributed by atoms with Crippen molar-refractivity contribution in [2.24, 2.45) is 0 Å². The van der Waals surface area contributed by atoms with E-state index in [4.69, 9.17) is 0 Å². The van der Waals surface area contributed by atoms with Crippen molar-refractivity contribution in [3.05, 3.63) is 56.9 Å². The summed E-state index contributed by atoms with van der Waals surface area (Å²) in [4.78, 5) is 13.7. The number of hydrogen-bond donors (Lipinski definition) is 2. The van der Waals surface area contributed by atoms with E-state index in [9.17, 15) is 15.0 Å². The molecule has 0 aliphatic carbocycles. The molecule has 0 radical (unpaired) electrons. The normalized spacial score (nSPS) is 15.7. The van der Waals surface area contributed by atoms with Gasteiger partial charge in [0.15, 0.2) is 0 Å². The molecule has 20 heavy (non-hydrogen) atoms. The van der Waals surface area contributed by atoms with E-state index in [1.807, 2.05) is 18.2 Å². The Morgan fingerprint density at radius 3 is 2.60 bits per heavy atom. The van der Waals surface area contributed by atoms with Gasteiger partial charge in [0.25, 0.3) is 0 Å². The Morgan fingerprint density at radius 2 is 1.85 bits per heavy atom. The Hall–Kier alpha value is -1.72. The molecule has 0 amide bonds. The number of Topliss-reactive ketones (excluding diaryl/α,β-unsaturated/α-hetero) is 1. The second-order valence-electron chi connectivity index (χ2n) is 4.30. The summed E-state index contributed by atoms with van der Waals surface area (Å²) in [5.74, 6) is -0.157. The molecule has 0 atom stereocenters. The van der Waals surface area contributed by atoms with Crippen molar-refractivity contribution in [3.63, 3.8) is 0 Å². The number of carbonyl (C=O) groups is 1. The number of ketones is 1. The van der Waals surface area contributed by atoms with Gasteiger partial charge in [0.1, 0.15) is 11.5 Å². The zero-order valence-electron chi connectivity index (χ0n) is 10.1. The van der Waals surface area contributed by atoms with Crippen LogP contribution in [0.15, 0.2) is 50.7 Å². The number of aromatic hydroxyl groups is 2. The number of fused-ring (bicyclic) bond motifs is 1. The number of phenols is 2. The van der Waals surface area contributed by atoms with Gasteiger partial charge in [-0.15, -0.1) is 0 Å². The van der Waals surface area contributed by atoms with Gasteiger partial charge in [0.05, 0.1) is 9.38 Å². The minimum atomic E-state index is -0.0671. The van der Waals surface area contributed by atoms with Crippen molar-refractivity contribution in [1.29, 1.82) is 0 Å². The zero-order chi connectivity index (χ0) is 14.3. The number of thioether (sulfide) groups is 1. The standard InChI is InChI=1S/C15H9BrO3S/c16-10-5-8(11(17)7-12(10)18)6-14-15(19)9-3-1-2-4-13(9)20-14/h1-7,17-18H/b14-6+. The van der Waals surface area contributed by atoms with Gasteiger partial charge in [0.2, 0.25) is 5.78 Å². The number of allylic oxidation sites excluding steroid dienone is 1. The fraction of sp³-hybridized carbons (Fsp3) is 0. The molecule has 100 valence electrons. The van der Waals surface area contributed by atoms with E-state index in [-0.39, 0.29) is 17.3 Å². The summed E-state index contributed by atoms with van der Waals surface area (Å²) < 4.78 is 0.468. The van der Waals surface area contributed by atoms with Crippen molar-refractivity contribution in [2.45, 2.75) is 4.90 Å². The molecule has 0 aromatic heterocycles.